The molecule has 3 aromatic rings. The highest BCUT2D eigenvalue weighted by Gasteiger charge is 2.13. The molecule has 0 aliphatic heterocycles. The molecule has 3 rings (SSSR count). The summed E-state index contributed by atoms with van der Waals surface area (Å²) < 4.78 is 16.3. The fraction of sp³-hybridized carbons (Fsp3) is 0.273. The number of esters is 1. The van der Waals surface area contributed by atoms with Gasteiger partial charge in [0.15, 0.2) is 0 Å². The number of fused-ring (bicyclic) bond motifs is 1. The third-order valence-corrected chi connectivity index (χ3v) is 4.34. The van der Waals surface area contributed by atoms with Gasteiger partial charge in [-0.1, -0.05) is 12.1 Å². The van der Waals surface area contributed by atoms with Gasteiger partial charge in [-0.3, -0.25) is 0 Å². The van der Waals surface area contributed by atoms with Gasteiger partial charge in [-0.15, -0.1) is 0 Å². The van der Waals surface area contributed by atoms with E-state index in [9.17, 15) is 9.59 Å². The molecule has 5 nitrogen and oxygen atoms in total. The van der Waals surface area contributed by atoms with E-state index in [-0.39, 0.29) is 12.7 Å². The van der Waals surface area contributed by atoms with Crippen molar-refractivity contribution in [3.63, 3.8) is 0 Å². The number of ether oxygens (including phenoxy) is 2. The maximum absolute atomic E-state index is 12.3. The molecule has 1 heterocycles. The van der Waals surface area contributed by atoms with Crippen molar-refractivity contribution in [2.24, 2.45) is 0 Å². The Bertz CT molecular complexity index is 1030. The Morgan fingerprint density at radius 1 is 1.07 bits per heavy atom. The third-order valence-electron chi connectivity index (χ3n) is 4.34. The Hall–Kier alpha value is -3.08. The molecule has 0 aliphatic carbocycles. The largest absolute Gasteiger partial charge is 0.491 e. The highest BCUT2D eigenvalue weighted by Crippen LogP contribution is 2.24. The fourth-order valence-corrected chi connectivity index (χ4v) is 2.81. The van der Waals surface area contributed by atoms with Gasteiger partial charge in [0.2, 0.25) is 0 Å². The minimum Gasteiger partial charge on any atom is -0.491 e. The van der Waals surface area contributed by atoms with Crippen molar-refractivity contribution in [1.82, 2.24) is 0 Å². The van der Waals surface area contributed by atoms with Crippen molar-refractivity contribution < 1.29 is 18.7 Å². The van der Waals surface area contributed by atoms with E-state index < -0.39 is 11.6 Å². The van der Waals surface area contributed by atoms with E-state index in [1.54, 1.807) is 24.3 Å². The van der Waals surface area contributed by atoms with Crippen LogP contribution in [0.1, 0.15) is 40.9 Å². The van der Waals surface area contributed by atoms with Crippen LogP contribution in [0.15, 0.2) is 51.7 Å². The zero-order valence-corrected chi connectivity index (χ0v) is 15.9. The molecule has 0 unspecified atom stereocenters. The second-order valence-corrected chi connectivity index (χ2v) is 6.74. The number of carbonyl (C=O) groups excluding carboxylic acids is 1. The first-order chi connectivity index (χ1) is 12.8. The van der Waals surface area contributed by atoms with Crippen molar-refractivity contribution in [3.05, 3.63) is 75.1 Å². The Morgan fingerprint density at radius 2 is 1.78 bits per heavy atom. The van der Waals surface area contributed by atoms with Gasteiger partial charge in [-0.25, -0.2) is 9.59 Å². The standard InChI is InChI=1S/C22H22O5/c1-13(2)26-18-8-6-16(7-9-18)22(24)25-12-17-11-20(23)27-21-15(4)14(3)5-10-19(17)21/h5-11,13H,12H2,1-4H3. The first-order valence-corrected chi connectivity index (χ1v) is 8.82. The van der Waals surface area contributed by atoms with Crippen LogP contribution in [0.5, 0.6) is 5.75 Å². The van der Waals surface area contributed by atoms with E-state index >= 15 is 0 Å². The lowest BCUT2D eigenvalue weighted by molar-refractivity contribution is 0.0474. The lowest BCUT2D eigenvalue weighted by Gasteiger charge is -2.11. The molecule has 1 aromatic heterocycles. The number of aryl methyl sites for hydroxylation is 2. The van der Waals surface area contributed by atoms with E-state index in [1.165, 1.54) is 6.07 Å². The average Bonchev–Trinajstić information content (AvgIpc) is 2.63. The third kappa shape index (κ3) is 4.19. The lowest BCUT2D eigenvalue weighted by Crippen LogP contribution is -2.09. The summed E-state index contributed by atoms with van der Waals surface area (Å²) in [5, 5.41) is 0.770. The van der Waals surface area contributed by atoms with Crippen molar-refractivity contribution in [2.75, 3.05) is 0 Å². The summed E-state index contributed by atoms with van der Waals surface area (Å²) in [5.74, 6) is 0.232. The van der Waals surface area contributed by atoms with E-state index in [0.29, 0.717) is 22.5 Å². The summed E-state index contributed by atoms with van der Waals surface area (Å²) in [6.45, 7) is 7.72. The molecule has 27 heavy (non-hydrogen) atoms. The normalized spacial score (nSPS) is 11.0. The Morgan fingerprint density at radius 3 is 2.44 bits per heavy atom. The Labute approximate surface area is 157 Å². The highest BCUT2D eigenvalue weighted by molar-refractivity contribution is 5.90. The quantitative estimate of drug-likeness (QED) is 0.489. The van der Waals surface area contributed by atoms with Crippen LogP contribution in [0.25, 0.3) is 11.0 Å². The molecule has 5 heteroatoms. The summed E-state index contributed by atoms with van der Waals surface area (Å²) in [6, 6.07) is 12.0. The van der Waals surface area contributed by atoms with E-state index in [2.05, 4.69) is 0 Å². The van der Waals surface area contributed by atoms with Crippen LogP contribution < -0.4 is 10.4 Å². The maximum atomic E-state index is 12.3. The van der Waals surface area contributed by atoms with Crippen LogP contribution in [-0.2, 0) is 11.3 Å². The molecule has 0 saturated heterocycles. The van der Waals surface area contributed by atoms with Crippen LogP contribution >= 0.6 is 0 Å². The van der Waals surface area contributed by atoms with Crippen molar-refractivity contribution >= 4 is 16.9 Å². The molecule has 0 amide bonds. The molecule has 0 bridgehead atoms. The van der Waals surface area contributed by atoms with Crippen LogP contribution in [0.4, 0.5) is 0 Å². The SMILES string of the molecule is Cc1ccc2c(COC(=O)c3ccc(OC(C)C)cc3)cc(=O)oc2c1C. The molecular formula is C22H22O5. The van der Waals surface area contributed by atoms with E-state index in [0.717, 1.165) is 16.5 Å². The number of rotatable bonds is 5. The minimum absolute atomic E-state index is 0.00627. The van der Waals surface area contributed by atoms with Gasteiger partial charge < -0.3 is 13.9 Å². The molecule has 0 fully saturated rings. The summed E-state index contributed by atoms with van der Waals surface area (Å²) >= 11 is 0. The number of carbonyl (C=O) groups is 1. The molecule has 0 saturated carbocycles. The van der Waals surface area contributed by atoms with Gasteiger partial charge in [-0.05, 0) is 63.1 Å². The smallest absolute Gasteiger partial charge is 0.338 e. The van der Waals surface area contributed by atoms with E-state index in [4.69, 9.17) is 13.9 Å². The van der Waals surface area contributed by atoms with Gasteiger partial charge >= 0.3 is 11.6 Å². The van der Waals surface area contributed by atoms with Gasteiger partial charge in [0.25, 0.3) is 0 Å². The van der Waals surface area contributed by atoms with Crippen molar-refractivity contribution in [2.45, 2.75) is 40.4 Å². The molecule has 0 radical (unpaired) electrons. The molecule has 0 aliphatic rings. The molecule has 2 aromatic carbocycles. The maximum Gasteiger partial charge on any atom is 0.338 e. The lowest BCUT2D eigenvalue weighted by atomic mass is 10.0. The zero-order chi connectivity index (χ0) is 19.6. The second-order valence-electron chi connectivity index (χ2n) is 6.74. The van der Waals surface area contributed by atoms with Gasteiger partial charge in [0, 0.05) is 17.0 Å². The first kappa shape index (κ1) is 18.7. The Kier molecular flexibility index (Phi) is 5.31. The topological polar surface area (TPSA) is 65.7 Å². The fourth-order valence-electron chi connectivity index (χ4n) is 2.81. The van der Waals surface area contributed by atoms with Gasteiger partial charge in [0.1, 0.15) is 17.9 Å². The van der Waals surface area contributed by atoms with Crippen LogP contribution in [-0.4, -0.2) is 12.1 Å². The second kappa shape index (κ2) is 7.66. The first-order valence-electron chi connectivity index (χ1n) is 8.82. The monoisotopic (exact) mass is 366 g/mol. The van der Waals surface area contributed by atoms with Crippen LogP contribution in [0.3, 0.4) is 0 Å². The predicted octanol–water partition coefficient (Wildman–Crippen LogP) is 4.55. The van der Waals surface area contributed by atoms with Crippen LogP contribution in [0, 0.1) is 13.8 Å². The zero-order valence-electron chi connectivity index (χ0n) is 15.9. The number of hydrogen-bond donors (Lipinski definition) is 0. The van der Waals surface area contributed by atoms with Crippen molar-refractivity contribution in [3.8, 4) is 5.75 Å². The molecule has 0 N–H and O–H groups in total. The minimum atomic E-state index is -0.462. The molecule has 0 atom stereocenters. The highest BCUT2D eigenvalue weighted by atomic mass is 16.5. The van der Waals surface area contributed by atoms with E-state index in [1.807, 2.05) is 39.8 Å². The molecule has 0 spiro atoms. The number of benzene rings is 2. The molecular weight excluding hydrogens is 344 g/mol. The van der Waals surface area contributed by atoms with Crippen molar-refractivity contribution in [1.29, 1.82) is 0 Å². The average molecular weight is 366 g/mol. The summed E-state index contributed by atoms with van der Waals surface area (Å²) in [7, 11) is 0. The summed E-state index contributed by atoms with van der Waals surface area (Å²) in [5.41, 5.74) is 3.05. The summed E-state index contributed by atoms with van der Waals surface area (Å²) in [6.07, 6.45) is 0.0629. The Balaban J connectivity index is 1.79. The number of hydrogen-bond acceptors (Lipinski definition) is 5. The van der Waals surface area contributed by atoms with Gasteiger partial charge in [-0.2, -0.15) is 0 Å². The summed E-state index contributed by atoms with van der Waals surface area (Å²) in [4.78, 5) is 24.2. The van der Waals surface area contributed by atoms with Crippen LogP contribution in [0.2, 0.25) is 0 Å². The molecule has 140 valence electrons. The predicted molar refractivity (Wildman–Crippen MR) is 103 cm³/mol. The van der Waals surface area contributed by atoms with Gasteiger partial charge in [0.05, 0.1) is 11.7 Å².